The molecule has 0 aliphatic heterocycles. The summed E-state index contributed by atoms with van der Waals surface area (Å²) >= 11 is 0. The van der Waals surface area contributed by atoms with Gasteiger partial charge in [-0.2, -0.15) is 5.10 Å². The first-order chi connectivity index (χ1) is 12.2. The molecule has 0 saturated carbocycles. The monoisotopic (exact) mass is 330 g/mol. The third kappa shape index (κ3) is 2.54. The molecule has 0 N–H and O–H groups in total. The lowest BCUT2D eigenvalue weighted by Gasteiger charge is -2.12. The number of pyridine rings is 1. The first-order valence-electron chi connectivity index (χ1n) is 8.10. The Labute approximate surface area is 145 Å². The lowest BCUT2D eigenvalue weighted by atomic mass is 10.0. The van der Waals surface area contributed by atoms with Crippen LogP contribution < -0.4 is 4.74 Å². The van der Waals surface area contributed by atoms with Crippen LogP contribution in [-0.2, 0) is 0 Å². The minimum Gasteiger partial charge on any atom is -0.497 e. The number of ether oxygens (including phenoxy) is 1. The van der Waals surface area contributed by atoms with Crippen LogP contribution in [0.4, 0.5) is 0 Å². The minimum atomic E-state index is 0.820. The Hall–Kier alpha value is -3.21. The normalized spacial score (nSPS) is 11.0. The van der Waals surface area contributed by atoms with Crippen molar-refractivity contribution in [3.63, 3.8) is 0 Å². The minimum absolute atomic E-state index is 0.820. The van der Waals surface area contributed by atoms with Crippen LogP contribution in [0, 0.1) is 13.8 Å². The van der Waals surface area contributed by atoms with E-state index >= 15 is 0 Å². The van der Waals surface area contributed by atoms with E-state index in [0.29, 0.717) is 0 Å². The maximum Gasteiger partial charge on any atom is 0.164 e. The van der Waals surface area contributed by atoms with Gasteiger partial charge < -0.3 is 4.74 Å². The van der Waals surface area contributed by atoms with Gasteiger partial charge in [0.1, 0.15) is 5.75 Å². The summed E-state index contributed by atoms with van der Waals surface area (Å²) < 4.78 is 7.24. The highest BCUT2D eigenvalue weighted by molar-refractivity contribution is 5.78. The fourth-order valence-electron chi connectivity index (χ4n) is 3.18. The molecule has 1 aromatic carbocycles. The summed E-state index contributed by atoms with van der Waals surface area (Å²) in [5.41, 5.74) is 6.76. The topological polar surface area (TPSA) is 52.3 Å². The van der Waals surface area contributed by atoms with Gasteiger partial charge in [-0.1, -0.05) is 18.2 Å². The van der Waals surface area contributed by atoms with E-state index in [9.17, 15) is 0 Å². The number of aryl methyl sites for hydroxylation is 2. The van der Waals surface area contributed by atoms with Gasteiger partial charge in [-0.05, 0) is 43.7 Å². The lowest BCUT2D eigenvalue weighted by Crippen LogP contribution is -2.03. The first-order valence-corrected chi connectivity index (χ1v) is 8.10. The van der Waals surface area contributed by atoms with Crippen molar-refractivity contribution in [1.82, 2.24) is 19.6 Å². The largest absolute Gasteiger partial charge is 0.497 e. The molecule has 5 nitrogen and oxygen atoms in total. The lowest BCUT2D eigenvalue weighted by molar-refractivity contribution is 0.415. The predicted molar refractivity (Wildman–Crippen MR) is 97.7 cm³/mol. The van der Waals surface area contributed by atoms with E-state index in [1.807, 2.05) is 54.0 Å². The van der Waals surface area contributed by atoms with Gasteiger partial charge in [-0.15, -0.1) is 0 Å². The quantitative estimate of drug-likeness (QED) is 0.568. The second kappa shape index (κ2) is 6.02. The zero-order valence-corrected chi connectivity index (χ0v) is 14.4. The van der Waals surface area contributed by atoms with Gasteiger partial charge in [-0.3, -0.25) is 4.98 Å². The Morgan fingerprint density at radius 3 is 2.68 bits per heavy atom. The number of nitrogens with zero attached hydrogens (tertiary/aromatic N) is 4. The Balaban J connectivity index is 1.94. The Morgan fingerprint density at radius 1 is 1.04 bits per heavy atom. The summed E-state index contributed by atoms with van der Waals surface area (Å²) in [5.74, 6) is 0.825. The van der Waals surface area contributed by atoms with Crippen molar-refractivity contribution < 1.29 is 4.74 Å². The van der Waals surface area contributed by atoms with Crippen molar-refractivity contribution in [2.75, 3.05) is 7.11 Å². The highest BCUT2D eigenvalue weighted by Crippen LogP contribution is 2.31. The summed E-state index contributed by atoms with van der Waals surface area (Å²) in [7, 11) is 1.67. The van der Waals surface area contributed by atoms with Crippen molar-refractivity contribution in [1.29, 1.82) is 0 Å². The smallest absolute Gasteiger partial charge is 0.164 e. The molecule has 5 heteroatoms. The number of rotatable bonds is 3. The highest BCUT2D eigenvalue weighted by atomic mass is 16.5. The SMILES string of the molecule is COc1cccc(-c2c(C)nc3c(-c4ccccn4)cnn3c2C)c1. The van der Waals surface area contributed by atoms with Gasteiger partial charge in [0.05, 0.1) is 30.3 Å². The number of benzene rings is 1. The van der Waals surface area contributed by atoms with E-state index in [1.165, 1.54) is 0 Å². The van der Waals surface area contributed by atoms with Crippen LogP contribution >= 0.6 is 0 Å². The summed E-state index contributed by atoms with van der Waals surface area (Å²) in [6.45, 7) is 4.09. The molecule has 4 aromatic rings. The molecular formula is C20H18N4O. The third-order valence-electron chi connectivity index (χ3n) is 4.36. The van der Waals surface area contributed by atoms with E-state index in [-0.39, 0.29) is 0 Å². The summed E-state index contributed by atoms with van der Waals surface area (Å²) in [4.78, 5) is 9.25. The molecule has 0 unspecified atom stereocenters. The van der Waals surface area contributed by atoms with Crippen LogP contribution in [0.15, 0.2) is 54.9 Å². The second-order valence-corrected chi connectivity index (χ2v) is 5.90. The van der Waals surface area contributed by atoms with Gasteiger partial charge in [0, 0.05) is 17.5 Å². The molecule has 0 aliphatic carbocycles. The van der Waals surface area contributed by atoms with Crippen molar-refractivity contribution in [2.45, 2.75) is 13.8 Å². The molecule has 0 fully saturated rings. The van der Waals surface area contributed by atoms with Gasteiger partial charge in [0.25, 0.3) is 0 Å². The standard InChI is InChI=1S/C20H18N4O/c1-13-19(15-7-6-8-16(11-15)25-3)14(2)24-20(23-13)17(12-22-24)18-9-4-5-10-21-18/h4-12H,1-3H3. The number of aromatic nitrogens is 4. The molecule has 124 valence electrons. The molecule has 0 atom stereocenters. The molecule has 3 aromatic heterocycles. The third-order valence-corrected chi connectivity index (χ3v) is 4.36. The van der Waals surface area contributed by atoms with Crippen LogP contribution in [0.25, 0.3) is 28.0 Å². The van der Waals surface area contributed by atoms with Gasteiger partial charge >= 0.3 is 0 Å². The Bertz CT molecular complexity index is 1050. The molecule has 0 radical (unpaired) electrons. The van der Waals surface area contributed by atoms with Crippen molar-refractivity contribution in [3.05, 3.63) is 66.2 Å². The molecule has 0 bridgehead atoms. The van der Waals surface area contributed by atoms with Crippen LogP contribution in [0.5, 0.6) is 5.75 Å². The van der Waals surface area contributed by atoms with Crippen LogP contribution in [-0.4, -0.2) is 26.7 Å². The van der Waals surface area contributed by atoms with Crippen molar-refractivity contribution in [3.8, 4) is 28.1 Å². The molecule has 0 saturated heterocycles. The second-order valence-electron chi connectivity index (χ2n) is 5.90. The van der Waals surface area contributed by atoms with Crippen molar-refractivity contribution in [2.24, 2.45) is 0 Å². The highest BCUT2D eigenvalue weighted by Gasteiger charge is 2.16. The van der Waals surface area contributed by atoms with E-state index in [1.54, 1.807) is 13.3 Å². The molecule has 0 aliphatic rings. The Morgan fingerprint density at radius 2 is 1.92 bits per heavy atom. The molecule has 0 amide bonds. The summed E-state index contributed by atoms with van der Waals surface area (Å²) in [6, 6.07) is 13.9. The van der Waals surface area contributed by atoms with Gasteiger partial charge in [-0.25, -0.2) is 9.50 Å². The van der Waals surface area contributed by atoms with E-state index < -0.39 is 0 Å². The number of methoxy groups -OCH3 is 1. The maximum atomic E-state index is 5.35. The van der Waals surface area contributed by atoms with Crippen LogP contribution in [0.1, 0.15) is 11.4 Å². The molecular weight excluding hydrogens is 312 g/mol. The zero-order chi connectivity index (χ0) is 17.4. The number of fused-ring (bicyclic) bond motifs is 1. The average molecular weight is 330 g/mol. The van der Waals surface area contributed by atoms with Gasteiger partial charge in [0.2, 0.25) is 0 Å². The molecule has 4 rings (SSSR count). The fourth-order valence-corrected chi connectivity index (χ4v) is 3.18. The number of hydrogen-bond acceptors (Lipinski definition) is 4. The zero-order valence-electron chi connectivity index (χ0n) is 14.4. The maximum absolute atomic E-state index is 5.35. The Kier molecular flexibility index (Phi) is 3.69. The van der Waals surface area contributed by atoms with Crippen LogP contribution in [0.3, 0.4) is 0 Å². The van der Waals surface area contributed by atoms with E-state index in [4.69, 9.17) is 9.72 Å². The van der Waals surface area contributed by atoms with Crippen LogP contribution in [0.2, 0.25) is 0 Å². The first kappa shape index (κ1) is 15.3. The number of hydrogen-bond donors (Lipinski definition) is 0. The summed E-state index contributed by atoms with van der Waals surface area (Å²) in [6.07, 6.45) is 3.61. The molecule has 0 spiro atoms. The van der Waals surface area contributed by atoms with Gasteiger partial charge in [0.15, 0.2) is 5.65 Å². The fraction of sp³-hybridized carbons (Fsp3) is 0.150. The van der Waals surface area contributed by atoms with E-state index in [2.05, 4.69) is 23.1 Å². The molecule has 3 heterocycles. The van der Waals surface area contributed by atoms with Crippen molar-refractivity contribution >= 4 is 5.65 Å². The average Bonchev–Trinajstić information content (AvgIpc) is 3.06. The molecule has 25 heavy (non-hydrogen) atoms. The summed E-state index contributed by atoms with van der Waals surface area (Å²) in [5, 5.41) is 4.55. The van der Waals surface area contributed by atoms with E-state index in [0.717, 1.165) is 45.2 Å². The predicted octanol–water partition coefficient (Wildman–Crippen LogP) is 4.08.